The molecule has 0 saturated heterocycles. The molecule has 2 aromatic heterocycles. The zero-order valence-corrected chi connectivity index (χ0v) is 15.4. The van der Waals surface area contributed by atoms with E-state index in [-0.39, 0.29) is 24.6 Å². The zero-order valence-electron chi connectivity index (χ0n) is 15.4. The molecule has 0 bridgehead atoms. The Morgan fingerprint density at radius 3 is 2.57 bits per heavy atom. The molecule has 0 aliphatic heterocycles. The number of hydrogen-bond donors (Lipinski definition) is 2. The van der Waals surface area contributed by atoms with Gasteiger partial charge in [0.15, 0.2) is 6.04 Å². The van der Waals surface area contributed by atoms with Gasteiger partial charge >= 0.3 is 5.97 Å². The number of amides is 1. The molecule has 1 aromatic carbocycles. The van der Waals surface area contributed by atoms with Gasteiger partial charge in [0.2, 0.25) is 23.4 Å². The first kappa shape index (κ1) is 19.2. The topological polar surface area (TPSA) is 131 Å². The Morgan fingerprint density at radius 1 is 1.14 bits per heavy atom. The van der Waals surface area contributed by atoms with Crippen LogP contribution in [0.25, 0.3) is 11.6 Å². The van der Waals surface area contributed by atoms with E-state index in [2.05, 4.69) is 25.4 Å². The number of nitrogens with one attached hydrogen (secondary N) is 1. The summed E-state index contributed by atoms with van der Waals surface area (Å²) in [6.07, 6.45) is 3.30. The van der Waals surface area contributed by atoms with Crippen molar-refractivity contribution in [3.05, 3.63) is 59.2 Å². The predicted octanol–water partition coefficient (Wildman–Crippen LogP) is 2.02. The summed E-state index contributed by atoms with van der Waals surface area (Å²) in [4.78, 5) is 36.0. The van der Waals surface area contributed by atoms with Crippen molar-refractivity contribution in [3.8, 4) is 11.6 Å². The van der Waals surface area contributed by atoms with E-state index in [1.807, 2.05) is 19.9 Å². The standard InChI is InChI=1S/C19H19N5O4/c1-11-4-5-13(10-12(11)2)16(19(26)27)22-14(25)6-7-15-23-18(24-28-15)17-20-8-3-9-21-17/h3-5,8-10,16H,6-7H2,1-2H3,(H,22,25)(H,26,27). The third-order valence-corrected chi connectivity index (χ3v) is 4.22. The third kappa shape index (κ3) is 4.56. The van der Waals surface area contributed by atoms with Gasteiger partial charge in [0.05, 0.1) is 0 Å². The molecule has 144 valence electrons. The van der Waals surface area contributed by atoms with Gasteiger partial charge in [0.25, 0.3) is 0 Å². The van der Waals surface area contributed by atoms with Crippen molar-refractivity contribution in [3.63, 3.8) is 0 Å². The highest BCUT2D eigenvalue weighted by atomic mass is 16.5. The minimum Gasteiger partial charge on any atom is -0.479 e. The Kier molecular flexibility index (Phi) is 5.73. The zero-order chi connectivity index (χ0) is 20.1. The van der Waals surface area contributed by atoms with E-state index in [1.54, 1.807) is 30.6 Å². The van der Waals surface area contributed by atoms with Crippen LogP contribution in [0.3, 0.4) is 0 Å². The van der Waals surface area contributed by atoms with Crippen molar-refractivity contribution >= 4 is 11.9 Å². The average Bonchev–Trinajstić information content (AvgIpc) is 3.16. The Morgan fingerprint density at radius 2 is 1.89 bits per heavy atom. The summed E-state index contributed by atoms with van der Waals surface area (Å²) in [5, 5.41) is 15.8. The van der Waals surface area contributed by atoms with Crippen LogP contribution in [0, 0.1) is 13.8 Å². The van der Waals surface area contributed by atoms with Gasteiger partial charge in [-0.1, -0.05) is 23.4 Å². The molecule has 1 unspecified atom stereocenters. The highest BCUT2D eigenvalue weighted by molar-refractivity contribution is 5.84. The first-order valence-corrected chi connectivity index (χ1v) is 8.63. The lowest BCUT2D eigenvalue weighted by molar-refractivity contribution is -0.142. The van der Waals surface area contributed by atoms with Crippen LogP contribution in [0.5, 0.6) is 0 Å². The number of carboxylic acid groups (broad SMARTS) is 1. The number of aliphatic carboxylic acids is 1. The van der Waals surface area contributed by atoms with E-state index in [0.29, 0.717) is 11.4 Å². The molecule has 3 rings (SSSR count). The van der Waals surface area contributed by atoms with Crippen molar-refractivity contribution < 1.29 is 19.2 Å². The van der Waals surface area contributed by atoms with Crippen LogP contribution in [-0.4, -0.2) is 37.1 Å². The molecule has 0 fully saturated rings. The fraction of sp³-hybridized carbons (Fsp3) is 0.263. The number of aryl methyl sites for hydroxylation is 3. The summed E-state index contributed by atoms with van der Waals surface area (Å²) >= 11 is 0. The highest BCUT2D eigenvalue weighted by Gasteiger charge is 2.23. The van der Waals surface area contributed by atoms with Crippen LogP contribution in [0.2, 0.25) is 0 Å². The number of carboxylic acids is 1. The minimum absolute atomic E-state index is 0.00586. The molecule has 28 heavy (non-hydrogen) atoms. The summed E-state index contributed by atoms with van der Waals surface area (Å²) in [5.74, 6) is -0.757. The predicted molar refractivity (Wildman–Crippen MR) is 98.1 cm³/mol. The normalized spacial score (nSPS) is 11.8. The van der Waals surface area contributed by atoms with Crippen molar-refractivity contribution in [1.29, 1.82) is 0 Å². The number of carbonyl (C=O) groups excluding carboxylic acids is 1. The minimum atomic E-state index is -1.13. The summed E-state index contributed by atoms with van der Waals surface area (Å²) in [6.45, 7) is 3.83. The summed E-state index contributed by atoms with van der Waals surface area (Å²) in [5.41, 5.74) is 2.53. The first-order valence-electron chi connectivity index (χ1n) is 8.63. The SMILES string of the molecule is Cc1ccc(C(NC(=O)CCc2nc(-c3ncccn3)no2)C(=O)O)cc1C. The molecule has 9 nitrogen and oxygen atoms in total. The van der Waals surface area contributed by atoms with Crippen LogP contribution in [0.15, 0.2) is 41.2 Å². The highest BCUT2D eigenvalue weighted by Crippen LogP contribution is 2.18. The van der Waals surface area contributed by atoms with Crippen LogP contribution in [0.1, 0.15) is 35.0 Å². The van der Waals surface area contributed by atoms with Gasteiger partial charge in [-0.2, -0.15) is 4.98 Å². The monoisotopic (exact) mass is 381 g/mol. The van der Waals surface area contributed by atoms with E-state index in [9.17, 15) is 14.7 Å². The lowest BCUT2D eigenvalue weighted by Gasteiger charge is -2.16. The number of aromatic nitrogens is 4. The molecule has 9 heteroatoms. The van der Waals surface area contributed by atoms with E-state index in [0.717, 1.165) is 11.1 Å². The number of nitrogens with zero attached hydrogens (tertiary/aromatic N) is 4. The van der Waals surface area contributed by atoms with Crippen molar-refractivity contribution in [2.45, 2.75) is 32.7 Å². The fourth-order valence-electron chi connectivity index (χ4n) is 2.55. The fourth-order valence-corrected chi connectivity index (χ4v) is 2.55. The van der Waals surface area contributed by atoms with Gasteiger partial charge in [-0.3, -0.25) is 4.79 Å². The Labute approximate surface area is 160 Å². The van der Waals surface area contributed by atoms with Gasteiger partial charge in [0.1, 0.15) is 0 Å². The molecule has 1 amide bonds. The number of hydrogen-bond acceptors (Lipinski definition) is 7. The van der Waals surface area contributed by atoms with E-state index in [4.69, 9.17) is 4.52 Å². The van der Waals surface area contributed by atoms with Gasteiger partial charge < -0.3 is 14.9 Å². The molecule has 0 aliphatic carbocycles. The van der Waals surface area contributed by atoms with Crippen LogP contribution >= 0.6 is 0 Å². The van der Waals surface area contributed by atoms with Crippen molar-refractivity contribution in [2.24, 2.45) is 0 Å². The van der Waals surface area contributed by atoms with Crippen LogP contribution < -0.4 is 5.32 Å². The van der Waals surface area contributed by atoms with Gasteiger partial charge in [-0.15, -0.1) is 0 Å². The van der Waals surface area contributed by atoms with E-state index < -0.39 is 17.9 Å². The molecule has 2 N–H and O–H groups in total. The van der Waals surface area contributed by atoms with E-state index in [1.165, 1.54) is 0 Å². The second kappa shape index (κ2) is 8.38. The molecule has 3 aromatic rings. The molecular formula is C19H19N5O4. The first-order chi connectivity index (χ1) is 13.4. The van der Waals surface area contributed by atoms with Gasteiger partial charge in [0, 0.05) is 25.2 Å². The molecular weight excluding hydrogens is 362 g/mol. The number of carbonyl (C=O) groups is 2. The molecule has 0 spiro atoms. The maximum absolute atomic E-state index is 12.2. The van der Waals surface area contributed by atoms with Crippen molar-refractivity contribution in [1.82, 2.24) is 25.4 Å². The lowest BCUT2D eigenvalue weighted by atomic mass is 10.0. The maximum Gasteiger partial charge on any atom is 0.330 e. The number of benzene rings is 1. The largest absolute Gasteiger partial charge is 0.479 e. The third-order valence-electron chi connectivity index (χ3n) is 4.22. The molecule has 0 aliphatic rings. The quantitative estimate of drug-likeness (QED) is 0.635. The number of rotatable bonds is 7. The van der Waals surface area contributed by atoms with Gasteiger partial charge in [-0.05, 0) is 36.6 Å². The van der Waals surface area contributed by atoms with Gasteiger partial charge in [-0.25, -0.2) is 14.8 Å². The molecule has 0 saturated carbocycles. The maximum atomic E-state index is 12.2. The lowest BCUT2D eigenvalue weighted by Crippen LogP contribution is -2.34. The summed E-state index contributed by atoms with van der Waals surface area (Å²) in [7, 11) is 0. The summed E-state index contributed by atoms with van der Waals surface area (Å²) in [6, 6.07) is 5.84. The summed E-state index contributed by atoms with van der Waals surface area (Å²) < 4.78 is 5.10. The molecule has 1 atom stereocenters. The Bertz CT molecular complexity index is 987. The second-order valence-electron chi connectivity index (χ2n) is 6.27. The van der Waals surface area contributed by atoms with E-state index >= 15 is 0 Å². The second-order valence-corrected chi connectivity index (χ2v) is 6.27. The van der Waals surface area contributed by atoms with Crippen LogP contribution in [0.4, 0.5) is 0 Å². The average molecular weight is 381 g/mol. The van der Waals surface area contributed by atoms with Crippen molar-refractivity contribution in [2.75, 3.05) is 0 Å². The smallest absolute Gasteiger partial charge is 0.330 e. The molecule has 2 heterocycles. The van der Waals surface area contributed by atoms with Crippen LogP contribution in [-0.2, 0) is 16.0 Å². The molecule has 0 radical (unpaired) electrons. The Hall–Kier alpha value is -3.62. The Balaban J connectivity index is 1.62.